The van der Waals surface area contributed by atoms with Crippen LogP contribution in [0.4, 0.5) is 0 Å². The SMILES string of the molecule is COC(=O)C=C(C)CCC1(O)C(C)CCC2C(C)(C)C(O)C(O)CC21C. The molecule has 0 heterocycles. The Hall–Kier alpha value is -0.910. The van der Waals surface area contributed by atoms with E-state index in [2.05, 4.69) is 18.6 Å². The van der Waals surface area contributed by atoms with E-state index in [0.29, 0.717) is 19.3 Å². The molecule has 0 amide bonds. The first kappa shape index (κ1) is 21.4. The molecule has 6 atom stereocenters. The van der Waals surface area contributed by atoms with Crippen molar-refractivity contribution in [3.63, 3.8) is 0 Å². The second-order valence-electron chi connectivity index (χ2n) is 9.42. The molecule has 2 saturated carbocycles. The van der Waals surface area contributed by atoms with Crippen molar-refractivity contribution in [2.75, 3.05) is 7.11 Å². The van der Waals surface area contributed by atoms with Gasteiger partial charge in [-0.2, -0.15) is 0 Å². The minimum atomic E-state index is -0.959. The van der Waals surface area contributed by atoms with Gasteiger partial charge in [-0.3, -0.25) is 0 Å². The van der Waals surface area contributed by atoms with E-state index in [1.54, 1.807) is 0 Å². The summed E-state index contributed by atoms with van der Waals surface area (Å²) in [5, 5.41) is 32.9. The third-order valence-corrected chi connectivity index (χ3v) is 7.59. The van der Waals surface area contributed by atoms with Crippen molar-refractivity contribution in [1.82, 2.24) is 0 Å². The number of aliphatic hydroxyl groups is 3. The smallest absolute Gasteiger partial charge is 0.330 e. The van der Waals surface area contributed by atoms with Crippen LogP contribution >= 0.6 is 0 Å². The zero-order valence-electron chi connectivity index (χ0n) is 17.1. The predicted octanol–water partition coefficient (Wildman–Crippen LogP) is 2.82. The van der Waals surface area contributed by atoms with Gasteiger partial charge in [0, 0.05) is 11.5 Å². The first-order valence-electron chi connectivity index (χ1n) is 9.73. The Balaban J connectivity index is 2.33. The van der Waals surface area contributed by atoms with Crippen LogP contribution < -0.4 is 0 Å². The van der Waals surface area contributed by atoms with Crippen LogP contribution in [-0.4, -0.2) is 46.2 Å². The average Bonchev–Trinajstić information content (AvgIpc) is 2.56. The van der Waals surface area contributed by atoms with Crippen LogP contribution in [0.1, 0.15) is 66.7 Å². The van der Waals surface area contributed by atoms with E-state index in [0.717, 1.165) is 18.4 Å². The van der Waals surface area contributed by atoms with Crippen molar-refractivity contribution >= 4 is 5.97 Å². The van der Waals surface area contributed by atoms with E-state index in [-0.39, 0.29) is 17.8 Å². The fourth-order valence-electron chi connectivity index (χ4n) is 5.85. The van der Waals surface area contributed by atoms with Crippen molar-refractivity contribution in [3.8, 4) is 0 Å². The number of ether oxygens (including phenoxy) is 1. The van der Waals surface area contributed by atoms with E-state index in [9.17, 15) is 20.1 Å². The van der Waals surface area contributed by atoms with Gasteiger partial charge in [-0.25, -0.2) is 4.79 Å². The minimum Gasteiger partial charge on any atom is -0.466 e. The van der Waals surface area contributed by atoms with Crippen LogP contribution in [0.25, 0.3) is 0 Å². The predicted molar refractivity (Wildman–Crippen MR) is 100 cm³/mol. The first-order chi connectivity index (χ1) is 11.9. The Bertz CT molecular complexity index is 569. The molecule has 2 aliphatic rings. The monoisotopic (exact) mass is 368 g/mol. The van der Waals surface area contributed by atoms with E-state index < -0.39 is 28.6 Å². The van der Waals surface area contributed by atoms with Crippen LogP contribution in [-0.2, 0) is 9.53 Å². The molecular weight excluding hydrogens is 332 g/mol. The van der Waals surface area contributed by atoms with Crippen LogP contribution in [0.2, 0.25) is 0 Å². The number of hydrogen-bond donors (Lipinski definition) is 3. The summed E-state index contributed by atoms with van der Waals surface area (Å²) in [6.45, 7) is 10.0. The molecule has 3 N–H and O–H groups in total. The van der Waals surface area contributed by atoms with E-state index in [1.807, 2.05) is 20.8 Å². The maximum atomic E-state index is 11.8. The summed E-state index contributed by atoms with van der Waals surface area (Å²) in [4.78, 5) is 11.5. The van der Waals surface area contributed by atoms with Gasteiger partial charge in [-0.15, -0.1) is 0 Å². The second kappa shape index (κ2) is 7.25. The summed E-state index contributed by atoms with van der Waals surface area (Å²) in [5.74, 6) is -0.167. The molecule has 0 aromatic heterocycles. The summed E-state index contributed by atoms with van der Waals surface area (Å²) in [7, 11) is 1.35. The standard InChI is InChI=1S/C21H36O5/c1-13(11-17(23)26-6)9-10-21(25)14(2)7-8-16-19(3,4)18(24)15(22)12-20(16,21)5/h11,14-16,18,22,24-25H,7-10,12H2,1-6H3. The molecule has 2 aliphatic carbocycles. The highest BCUT2D eigenvalue weighted by atomic mass is 16.5. The number of rotatable bonds is 4. The maximum Gasteiger partial charge on any atom is 0.330 e. The lowest BCUT2D eigenvalue weighted by Gasteiger charge is -2.65. The number of carbonyl (C=O) groups is 1. The molecular formula is C21H36O5. The number of esters is 1. The number of allylic oxidation sites excluding steroid dienone is 1. The molecule has 0 spiro atoms. The molecule has 0 radical (unpaired) electrons. The molecule has 0 aliphatic heterocycles. The highest BCUT2D eigenvalue weighted by molar-refractivity contribution is 5.82. The van der Waals surface area contributed by atoms with E-state index in [4.69, 9.17) is 0 Å². The zero-order valence-corrected chi connectivity index (χ0v) is 17.1. The number of methoxy groups -OCH3 is 1. The van der Waals surface area contributed by atoms with E-state index >= 15 is 0 Å². The Labute approximate surface area is 157 Å². The van der Waals surface area contributed by atoms with Crippen LogP contribution in [0.15, 0.2) is 11.6 Å². The molecule has 0 aromatic rings. The highest BCUT2D eigenvalue weighted by Gasteiger charge is 2.64. The zero-order chi connectivity index (χ0) is 19.9. The Morgan fingerprint density at radius 3 is 2.42 bits per heavy atom. The summed E-state index contributed by atoms with van der Waals surface area (Å²) in [5.41, 5.74) is -1.03. The fourth-order valence-corrected chi connectivity index (χ4v) is 5.85. The number of hydrogen-bond acceptors (Lipinski definition) is 5. The second-order valence-corrected chi connectivity index (χ2v) is 9.42. The molecule has 2 rings (SSSR count). The van der Waals surface area contributed by atoms with Gasteiger partial charge < -0.3 is 20.1 Å². The Kier molecular flexibility index (Phi) is 5.96. The fraction of sp³-hybridized carbons (Fsp3) is 0.857. The van der Waals surface area contributed by atoms with Crippen molar-refractivity contribution in [3.05, 3.63) is 11.6 Å². The molecule has 26 heavy (non-hydrogen) atoms. The molecule has 0 bridgehead atoms. The summed E-state index contributed by atoms with van der Waals surface area (Å²) < 4.78 is 4.68. The van der Waals surface area contributed by atoms with E-state index in [1.165, 1.54) is 13.2 Å². The molecule has 150 valence electrons. The maximum absolute atomic E-state index is 11.8. The van der Waals surface area contributed by atoms with Crippen molar-refractivity contribution in [2.24, 2.45) is 22.7 Å². The lowest BCUT2D eigenvalue weighted by molar-refractivity contribution is -0.256. The lowest BCUT2D eigenvalue weighted by atomic mass is 9.43. The summed E-state index contributed by atoms with van der Waals surface area (Å²) >= 11 is 0. The summed E-state index contributed by atoms with van der Waals surface area (Å²) in [6.07, 6.45) is 3.20. The molecule has 2 fully saturated rings. The quantitative estimate of drug-likeness (QED) is 0.525. The van der Waals surface area contributed by atoms with Crippen molar-refractivity contribution < 1.29 is 24.9 Å². The number of aliphatic hydroxyl groups excluding tert-OH is 2. The first-order valence-corrected chi connectivity index (χ1v) is 9.73. The molecule has 5 heteroatoms. The third kappa shape index (κ3) is 3.34. The number of carbonyl (C=O) groups excluding carboxylic acids is 1. The van der Waals surface area contributed by atoms with Gasteiger partial charge >= 0.3 is 5.97 Å². The van der Waals surface area contributed by atoms with Gasteiger partial charge in [0.1, 0.15) is 0 Å². The van der Waals surface area contributed by atoms with Crippen LogP contribution in [0.5, 0.6) is 0 Å². The molecule has 6 unspecified atom stereocenters. The summed E-state index contributed by atoms with van der Waals surface area (Å²) in [6, 6.07) is 0. The molecule has 0 saturated heterocycles. The average molecular weight is 369 g/mol. The van der Waals surface area contributed by atoms with Crippen LogP contribution in [0, 0.1) is 22.7 Å². The molecule has 5 nitrogen and oxygen atoms in total. The number of fused-ring (bicyclic) bond motifs is 1. The van der Waals surface area contributed by atoms with Gasteiger partial charge in [0.25, 0.3) is 0 Å². The molecule has 0 aromatic carbocycles. The largest absolute Gasteiger partial charge is 0.466 e. The van der Waals surface area contributed by atoms with Gasteiger partial charge in [0.2, 0.25) is 0 Å². The van der Waals surface area contributed by atoms with Crippen LogP contribution in [0.3, 0.4) is 0 Å². The van der Waals surface area contributed by atoms with Gasteiger partial charge in [0.15, 0.2) is 0 Å². The van der Waals surface area contributed by atoms with Gasteiger partial charge in [0.05, 0.1) is 24.9 Å². The van der Waals surface area contributed by atoms with Crippen molar-refractivity contribution in [1.29, 1.82) is 0 Å². The van der Waals surface area contributed by atoms with Crippen molar-refractivity contribution in [2.45, 2.75) is 84.5 Å². The van der Waals surface area contributed by atoms with Gasteiger partial charge in [-0.05, 0) is 56.3 Å². The Morgan fingerprint density at radius 2 is 1.85 bits per heavy atom. The van der Waals surface area contributed by atoms with Gasteiger partial charge in [-0.1, -0.05) is 33.3 Å². The normalized spacial score (nSPS) is 42.9. The third-order valence-electron chi connectivity index (χ3n) is 7.59. The Morgan fingerprint density at radius 1 is 1.23 bits per heavy atom. The highest BCUT2D eigenvalue weighted by Crippen LogP contribution is 2.63. The lowest BCUT2D eigenvalue weighted by Crippen LogP contribution is -2.67. The topological polar surface area (TPSA) is 87.0 Å². The minimum absolute atomic E-state index is 0.0907.